The molecule has 6 nitrogen and oxygen atoms in total. The Labute approximate surface area is 171 Å². The molecule has 6 heteroatoms. The van der Waals surface area contributed by atoms with Crippen molar-refractivity contribution in [2.75, 3.05) is 32.2 Å². The van der Waals surface area contributed by atoms with E-state index >= 15 is 0 Å². The Morgan fingerprint density at radius 1 is 0.966 bits per heavy atom. The smallest absolute Gasteiger partial charge is 0.278 e. The molecule has 0 unspecified atom stereocenters. The number of amides is 2. The number of carbonyl (C=O) groups is 2. The highest BCUT2D eigenvalue weighted by Gasteiger charge is 2.38. The quantitative estimate of drug-likeness (QED) is 0.520. The first-order valence-corrected chi connectivity index (χ1v) is 9.71. The van der Waals surface area contributed by atoms with Crippen LogP contribution < -0.4 is 10.1 Å². The third kappa shape index (κ3) is 4.66. The summed E-state index contributed by atoms with van der Waals surface area (Å²) in [5, 5.41) is 3.16. The summed E-state index contributed by atoms with van der Waals surface area (Å²) in [5.74, 6) is 0.0963. The van der Waals surface area contributed by atoms with Gasteiger partial charge in [-0.1, -0.05) is 29.8 Å². The number of anilines is 1. The Bertz CT molecular complexity index is 901. The summed E-state index contributed by atoms with van der Waals surface area (Å²) >= 11 is 0. The zero-order valence-corrected chi connectivity index (χ0v) is 17.0. The van der Waals surface area contributed by atoms with Crippen LogP contribution in [0, 0.1) is 6.92 Å². The molecule has 152 valence electrons. The van der Waals surface area contributed by atoms with Crippen LogP contribution in [0.25, 0.3) is 5.57 Å². The third-order valence-corrected chi connectivity index (χ3v) is 4.67. The van der Waals surface area contributed by atoms with Crippen LogP contribution in [0.3, 0.4) is 0 Å². The maximum absolute atomic E-state index is 13.1. The first-order valence-electron chi connectivity index (χ1n) is 9.71. The Kier molecular flexibility index (Phi) is 6.67. The maximum Gasteiger partial charge on any atom is 0.278 e. The molecule has 29 heavy (non-hydrogen) atoms. The lowest BCUT2D eigenvalue weighted by Gasteiger charge is -2.15. The van der Waals surface area contributed by atoms with E-state index in [2.05, 4.69) is 5.32 Å². The highest BCUT2D eigenvalue weighted by atomic mass is 16.5. The van der Waals surface area contributed by atoms with Gasteiger partial charge in [-0.2, -0.15) is 0 Å². The Morgan fingerprint density at radius 2 is 1.66 bits per heavy atom. The second-order valence-electron chi connectivity index (χ2n) is 6.81. The van der Waals surface area contributed by atoms with Gasteiger partial charge in [-0.15, -0.1) is 0 Å². The number of benzene rings is 2. The summed E-state index contributed by atoms with van der Waals surface area (Å²) in [5.41, 5.74) is 3.22. The second-order valence-corrected chi connectivity index (χ2v) is 6.81. The highest BCUT2D eigenvalue weighted by molar-refractivity contribution is 6.36. The summed E-state index contributed by atoms with van der Waals surface area (Å²) in [6.07, 6.45) is 0.586. The van der Waals surface area contributed by atoms with Gasteiger partial charge in [0, 0.05) is 25.9 Å². The van der Waals surface area contributed by atoms with Crippen molar-refractivity contribution in [1.29, 1.82) is 0 Å². The van der Waals surface area contributed by atoms with E-state index in [0.29, 0.717) is 43.0 Å². The van der Waals surface area contributed by atoms with Gasteiger partial charge >= 0.3 is 0 Å². The number of hydrogen-bond donors (Lipinski definition) is 1. The van der Waals surface area contributed by atoms with Crippen molar-refractivity contribution in [3.8, 4) is 5.75 Å². The van der Waals surface area contributed by atoms with E-state index in [1.165, 1.54) is 4.90 Å². The molecule has 0 aliphatic carbocycles. The number of rotatable bonds is 9. The van der Waals surface area contributed by atoms with E-state index in [1.807, 2.05) is 38.1 Å². The lowest BCUT2D eigenvalue weighted by Crippen LogP contribution is -2.33. The minimum absolute atomic E-state index is 0.292. The molecule has 0 saturated heterocycles. The first-order chi connectivity index (χ1) is 14.0. The lowest BCUT2D eigenvalue weighted by atomic mass is 10.0. The minimum atomic E-state index is -0.324. The van der Waals surface area contributed by atoms with Crippen molar-refractivity contribution in [2.45, 2.75) is 20.3 Å². The molecule has 0 radical (unpaired) electrons. The summed E-state index contributed by atoms with van der Waals surface area (Å²) < 4.78 is 10.5. The van der Waals surface area contributed by atoms with Gasteiger partial charge in [0.05, 0.1) is 12.2 Å². The zero-order chi connectivity index (χ0) is 20.8. The molecule has 2 amide bonds. The average Bonchev–Trinajstić information content (AvgIpc) is 2.95. The van der Waals surface area contributed by atoms with E-state index in [4.69, 9.17) is 9.47 Å². The van der Waals surface area contributed by atoms with E-state index in [0.717, 1.165) is 17.0 Å². The normalized spacial score (nSPS) is 14.0. The molecule has 1 aliphatic heterocycles. The molecule has 1 N–H and O–H groups in total. The molecule has 0 aromatic heterocycles. The average molecular weight is 394 g/mol. The molecule has 2 aromatic rings. The molecule has 0 fully saturated rings. The number of ether oxygens (including phenoxy) is 2. The van der Waals surface area contributed by atoms with Gasteiger partial charge in [-0.25, -0.2) is 0 Å². The van der Waals surface area contributed by atoms with Gasteiger partial charge in [-0.3, -0.25) is 14.5 Å². The van der Waals surface area contributed by atoms with Crippen molar-refractivity contribution in [3.05, 3.63) is 65.4 Å². The van der Waals surface area contributed by atoms with Crippen LogP contribution in [0.4, 0.5) is 5.69 Å². The third-order valence-electron chi connectivity index (χ3n) is 4.67. The molecule has 2 aromatic carbocycles. The first kappa shape index (κ1) is 20.6. The molecule has 0 atom stereocenters. The van der Waals surface area contributed by atoms with E-state index in [-0.39, 0.29) is 11.8 Å². The number of nitrogens with one attached hydrogen (secondary N) is 1. The fourth-order valence-electron chi connectivity index (χ4n) is 3.20. The summed E-state index contributed by atoms with van der Waals surface area (Å²) in [7, 11) is 1.60. The lowest BCUT2D eigenvalue weighted by molar-refractivity contribution is -0.136. The number of imide groups is 1. The van der Waals surface area contributed by atoms with Crippen LogP contribution >= 0.6 is 0 Å². The number of methoxy groups -OCH3 is 1. The van der Waals surface area contributed by atoms with E-state index in [9.17, 15) is 9.59 Å². The monoisotopic (exact) mass is 394 g/mol. The SMILES string of the molecule is CCOc1ccc(C2=C(Nc3ccc(C)cc3)C(=O)N(CCCOC)C2=O)cc1. The van der Waals surface area contributed by atoms with E-state index < -0.39 is 0 Å². The number of hydrogen-bond acceptors (Lipinski definition) is 5. The number of aryl methyl sites for hydroxylation is 1. The van der Waals surface area contributed by atoms with Crippen molar-refractivity contribution in [3.63, 3.8) is 0 Å². The molecule has 1 heterocycles. The molecular weight excluding hydrogens is 368 g/mol. The van der Waals surface area contributed by atoms with Crippen LogP contribution in [0.2, 0.25) is 0 Å². The fraction of sp³-hybridized carbons (Fsp3) is 0.304. The van der Waals surface area contributed by atoms with Crippen LogP contribution in [0.1, 0.15) is 24.5 Å². The Balaban J connectivity index is 1.95. The van der Waals surface area contributed by atoms with Crippen LogP contribution in [-0.2, 0) is 14.3 Å². The van der Waals surface area contributed by atoms with Gasteiger partial charge in [0.1, 0.15) is 11.4 Å². The molecule has 0 saturated carbocycles. The van der Waals surface area contributed by atoms with Crippen molar-refractivity contribution < 1.29 is 19.1 Å². The number of carbonyl (C=O) groups excluding carboxylic acids is 2. The largest absolute Gasteiger partial charge is 0.494 e. The van der Waals surface area contributed by atoms with Gasteiger partial charge in [-0.05, 0) is 50.1 Å². The van der Waals surface area contributed by atoms with Gasteiger partial charge in [0.15, 0.2) is 0 Å². The molecular formula is C23H26N2O4. The molecule has 3 rings (SSSR count). The van der Waals surface area contributed by atoms with Crippen LogP contribution in [-0.4, -0.2) is 43.6 Å². The Morgan fingerprint density at radius 3 is 2.28 bits per heavy atom. The summed E-state index contributed by atoms with van der Waals surface area (Å²) in [6.45, 7) is 5.27. The second kappa shape index (κ2) is 9.39. The van der Waals surface area contributed by atoms with Gasteiger partial charge < -0.3 is 14.8 Å². The molecule has 0 bridgehead atoms. The van der Waals surface area contributed by atoms with Crippen LogP contribution in [0.15, 0.2) is 54.2 Å². The van der Waals surface area contributed by atoms with Crippen molar-refractivity contribution >= 4 is 23.1 Å². The minimum Gasteiger partial charge on any atom is -0.494 e. The predicted molar refractivity (Wildman–Crippen MR) is 113 cm³/mol. The van der Waals surface area contributed by atoms with Gasteiger partial charge in [0.25, 0.3) is 11.8 Å². The van der Waals surface area contributed by atoms with Crippen LogP contribution in [0.5, 0.6) is 5.75 Å². The highest BCUT2D eigenvalue weighted by Crippen LogP contribution is 2.31. The topological polar surface area (TPSA) is 67.9 Å². The maximum atomic E-state index is 13.1. The summed E-state index contributed by atoms with van der Waals surface area (Å²) in [4.78, 5) is 27.4. The summed E-state index contributed by atoms with van der Waals surface area (Å²) in [6, 6.07) is 14.9. The molecule has 0 spiro atoms. The van der Waals surface area contributed by atoms with Crippen molar-refractivity contribution in [1.82, 2.24) is 4.90 Å². The molecule has 1 aliphatic rings. The standard InChI is InChI=1S/C23H26N2O4/c1-4-29-19-12-8-17(9-13-19)20-21(24-18-10-6-16(2)7-11-18)23(27)25(22(20)26)14-5-15-28-3/h6-13,24H,4-5,14-15H2,1-3H3. The zero-order valence-electron chi connectivity index (χ0n) is 17.0. The van der Waals surface area contributed by atoms with Gasteiger partial charge in [0.2, 0.25) is 0 Å². The predicted octanol–water partition coefficient (Wildman–Crippen LogP) is 3.62. The van der Waals surface area contributed by atoms with Crippen molar-refractivity contribution in [2.24, 2.45) is 0 Å². The Hall–Kier alpha value is -3.12. The fourth-order valence-corrected chi connectivity index (χ4v) is 3.20. The number of nitrogens with zero attached hydrogens (tertiary/aromatic N) is 1. The van der Waals surface area contributed by atoms with E-state index in [1.54, 1.807) is 31.4 Å².